The Morgan fingerprint density at radius 3 is 2.50 bits per heavy atom. The lowest BCUT2D eigenvalue weighted by Gasteiger charge is -2.13. The van der Waals surface area contributed by atoms with E-state index in [0.717, 1.165) is 28.0 Å². The molecule has 140 valence electrons. The van der Waals surface area contributed by atoms with Gasteiger partial charge in [0.15, 0.2) is 5.82 Å². The van der Waals surface area contributed by atoms with E-state index in [1.807, 2.05) is 37.3 Å². The normalized spacial score (nSPS) is 10.6. The Balaban J connectivity index is 1.63. The fourth-order valence-electron chi connectivity index (χ4n) is 2.81. The zero-order valence-electron chi connectivity index (χ0n) is 15.5. The maximum absolute atomic E-state index is 6.25. The van der Waals surface area contributed by atoms with Crippen molar-refractivity contribution in [3.05, 3.63) is 66.6 Å². The molecular weight excluding hydrogens is 354 g/mol. The lowest BCUT2D eigenvalue weighted by Crippen LogP contribution is -2.03. The van der Waals surface area contributed by atoms with Gasteiger partial charge in [0.25, 0.3) is 0 Å². The number of aromatic nitrogens is 3. The average molecular weight is 373 g/mol. The zero-order valence-corrected chi connectivity index (χ0v) is 15.5. The van der Waals surface area contributed by atoms with Crippen LogP contribution in [-0.2, 0) is 0 Å². The third kappa shape index (κ3) is 3.50. The van der Waals surface area contributed by atoms with E-state index in [1.165, 1.54) is 6.33 Å². The molecule has 0 aliphatic heterocycles. The van der Waals surface area contributed by atoms with Crippen molar-refractivity contribution in [2.45, 2.75) is 6.92 Å². The van der Waals surface area contributed by atoms with Gasteiger partial charge >= 0.3 is 0 Å². The van der Waals surface area contributed by atoms with Crippen molar-refractivity contribution in [3.8, 4) is 17.4 Å². The molecule has 4 aromatic rings. The minimum Gasteiger partial charge on any atom is -0.497 e. The summed E-state index contributed by atoms with van der Waals surface area (Å²) >= 11 is 0. The predicted molar refractivity (Wildman–Crippen MR) is 109 cm³/mol. The molecule has 2 aromatic carbocycles. The van der Waals surface area contributed by atoms with E-state index in [-0.39, 0.29) is 5.88 Å². The molecule has 0 atom stereocenters. The molecule has 0 aliphatic rings. The standard InChI is InChI=1S/C21H19N5O2/c1-13-6-11-16-17(25-13)4-3-5-18(16)26-20-19(22)21(24-12-23-20)28-15-9-7-14(27-2)8-10-15/h3-12H,22H2,1-2H3,(H,23,24,26). The molecule has 3 N–H and O–H groups in total. The van der Waals surface area contributed by atoms with E-state index >= 15 is 0 Å². The second-order valence-corrected chi connectivity index (χ2v) is 6.17. The maximum atomic E-state index is 6.25. The molecule has 7 nitrogen and oxygen atoms in total. The largest absolute Gasteiger partial charge is 0.497 e. The smallest absolute Gasteiger partial charge is 0.248 e. The molecule has 4 rings (SSSR count). The summed E-state index contributed by atoms with van der Waals surface area (Å²) in [6.45, 7) is 1.96. The fraction of sp³-hybridized carbons (Fsp3) is 0.0952. The van der Waals surface area contributed by atoms with Crippen LogP contribution in [0.15, 0.2) is 60.9 Å². The van der Waals surface area contributed by atoms with Gasteiger partial charge in [-0.15, -0.1) is 0 Å². The second-order valence-electron chi connectivity index (χ2n) is 6.17. The van der Waals surface area contributed by atoms with Crippen LogP contribution in [-0.4, -0.2) is 22.1 Å². The molecule has 0 unspecified atom stereocenters. The summed E-state index contributed by atoms with van der Waals surface area (Å²) in [5, 5.41) is 4.24. The molecule has 7 heteroatoms. The zero-order chi connectivity index (χ0) is 19.5. The van der Waals surface area contributed by atoms with E-state index in [2.05, 4.69) is 20.3 Å². The molecule has 0 amide bonds. The number of benzene rings is 2. The minimum absolute atomic E-state index is 0.275. The summed E-state index contributed by atoms with van der Waals surface area (Å²) < 4.78 is 11.0. The molecule has 0 bridgehead atoms. The number of hydrogen-bond donors (Lipinski definition) is 2. The van der Waals surface area contributed by atoms with Gasteiger partial charge in [-0.1, -0.05) is 6.07 Å². The van der Waals surface area contributed by atoms with Gasteiger partial charge in [-0.05, 0) is 55.5 Å². The van der Waals surface area contributed by atoms with Crippen LogP contribution in [0.2, 0.25) is 0 Å². The Morgan fingerprint density at radius 1 is 0.929 bits per heavy atom. The van der Waals surface area contributed by atoms with Crippen molar-refractivity contribution in [1.29, 1.82) is 0 Å². The monoisotopic (exact) mass is 373 g/mol. The van der Waals surface area contributed by atoms with E-state index in [9.17, 15) is 0 Å². The second kappa shape index (κ2) is 7.40. The number of anilines is 3. The molecule has 0 saturated heterocycles. The van der Waals surface area contributed by atoms with Gasteiger partial charge < -0.3 is 20.5 Å². The first kappa shape index (κ1) is 17.5. The number of rotatable bonds is 5. The summed E-state index contributed by atoms with van der Waals surface area (Å²) in [4.78, 5) is 13.0. The molecular formula is C21H19N5O2. The van der Waals surface area contributed by atoms with Crippen LogP contribution in [0, 0.1) is 6.92 Å². The van der Waals surface area contributed by atoms with Gasteiger partial charge in [0.2, 0.25) is 5.88 Å². The van der Waals surface area contributed by atoms with E-state index in [0.29, 0.717) is 17.3 Å². The van der Waals surface area contributed by atoms with Gasteiger partial charge in [-0.2, -0.15) is 4.98 Å². The summed E-state index contributed by atoms with van der Waals surface area (Å²) in [5.74, 6) is 2.08. The average Bonchev–Trinajstić information content (AvgIpc) is 2.71. The molecule has 28 heavy (non-hydrogen) atoms. The van der Waals surface area contributed by atoms with Crippen LogP contribution in [0.4, 0.5) is 17.2 Å². The molecule has 2 heterocycles. The summed E-state index contributed by atoms with van der Waals surface area (Å²) in [6.07, 6.45) is 1.41. The highest BCUT2D eigenvalue weighted by Gasteiger charge is 2.12. The Morgan fingerprint density at radius 2 is 1.71 bits per heavy atom. The van der Waals surface area contributed by atoms with Crippen LogP contribution < -0.4 is 20.5 Å². The van der Waals surface area contributed by atoms with Gasteiger partial charge in [0.05, 0.1) is 12.6 Å². The first-order valence-corrected chi connectivity index (χ1v) is 8.70. The summed E-state index contributed by atoms with van der Waals surface area (Å²) in [7, 11) is 1.61. The molecule has 0 radical (unpaired) electrons. The number of methoxy groups -OCH3 is 1. The summed E-state index contributed by atoms with van der Waals surface area (Å²) in [5.41, 5.74) is 9.27. The van der Waals surface area contributed by atoms with Gasteiger partial charge in [0, 0.05) is 16.8 Å². The highest BCUT2D eigenvalue weighted by molar-refractivity contribution is 5.94. The Kier molecular flexibility index (Phi) is 4.63. The Hall–Kier alpha value is -3.87. The quantitative estimate of drug-likeness (QED) is 0.533. The number of nitrogen functional groups attached to an aromatic ring is 1. The van der Waals surface area contributed by atoms with Crippen molar-refractivity contribution in [1.82, 2.24) is 15.0 Å². The molecule has 0 fully saturated rings. The predicted octanol–water partition coefficient (Wildman–Crippen LogP) is 4.46. The van der Waals surface area contributed by atoms with Crippen molar-refractivity contribution in [2.75, 3.05) is 18.2 Å². The third-order valence-corrected chi connectivity index (χ3v) is 4.25. The minimum atomic E-state index is 0.275. The van der Waals surface area contributed by atoms with Crippen LogP contribution >= 0.6 is 0 Å². The van der Waals surface area contributed by atoms with Crippen LogP contribution in [0.25, 0.3) is 10.9 Å². The Labute approximate surface area is 162 Å². The molecule has 0 aliphatic carbocycles. The molecule has 0 saturated carbocycles. The van der Waals surface area contributed by atoms with Crippen LogP contribution in [0.3, 0.4) is 0 Å². The van der Waals surface area contributed by atoms with E-state index in [4.69, 9.17) is 15.2 Å². The third-order valence-electron chi connectivity index (χ3n) is 4.25. The summed E-state index contributed by atoms with van der Waals surface area (Å²) in [6, 6.07) is 17.0. The lowest BCUT2D eigenvalue weighted by atomic mass is 10.1. The number of ether oxygens (including phenoxy) is 2. The van der Waals surface area contributed by atoms with Crippen LogP contribution in [0.1, 0.15) is 5.69 Å². The first-order valence-electron chi connectivity index (χ1n) is 8.70. The highest BCUT2D eigenvalue weighted by atomic mass is 16.5. The highest BCUT2D eigenvalue weighted by Crippen LogP contribution is 2.33. The number of hydrogen-bond acceptors (Lipinski definition) is 7. The van der Waals surface area contributed by atoms with Gasteiger partial charge in [-0.3, -0.25) is 4.98 Å². The number of aryl methyl sites for hydroxylation is 1. The SMILES string of the molecule is COc1ccc(Oc2ncnc(Nc3cccc4nc(C)ccc34)c2N)cc1. The number of pyridine rings is 1. The van der Waals surface area contributed by atoms with Crippen molar-refractivity contribution in [2.24, 2.45) is 0 Å². The maximum Gasteiger partial charge on any atom is 0.248 e. The number of nitrogens with zero attached hydrogens (tertiary/aromatic N) is 3. The van der Waals surface area contributed by atoms with Crippen LogP contribution in [0.5, 0.6) is 17.4 Å². The number of fused-ring (bicyclic) bond motifs is 1. The fourth-order valence-corrected chi connectivity index (χ4v) is 2.81. The van der Waals surface area contributed by atoms with Crippen molar-refractivity contribution >= 4 is 28.1 Å². The number of nitrogens with two attached hydrogens (primary N) is 1. The number of nitrogens with one attached hydrogen (secondary N) is 1. The van der Waals surface area contributed by atoms with Crippen molar-refractivity contribution in [3.63, 3.8) is 0 Å². The first-order chi connectivity index (χ1) is 13.6. The molecule has 2 aromatic heterocycles. The molecule has 0 spiro atoms. The Bertz CT molecular complexity index is 1130. The van der Waals surface area contributed by atoms with E-state index in [1.54, 1.807) is 31.4 Å². The van der Waals surface area contributed by atoms with Gasteiger partial charge in [0.1, 0.15) is 23.5 Å². The van der Waals surface area contributed by atoms with E-state index < -0.39 is 0 Å². The van der Waals surface area contributed by atoms with Crippen molar-refractivity contribution < 1.29 is 9.47 Å². The van der Waals surface area contributed by atoms with Gasteiger partial charge in [-0.25, -0.2) is 4.98 Å². The topological polar surface area (TPSA) is 95.2 Å². The lowest BCUT2D eigenvalue weighted by molar-refractivity contribution is 0.412.